The largest absolute Gasteiger partial charge is 0.467 e. The highest BCUT2D eigenvalue weighted by Gasteiger charge is 2.26. The van der Waals surface area contributed by atoms with Gasteiger partial charge >= 0.3 is 0 Å². The van der Waals surface area contributed by atoms with Crippen molar-refractivity contribution < 1.29 is 4.42 Å². The fourth-order valence-corrected chi connectivity index (χ4v) is 2.23. The van der Waals surface area contributed by atoms with Crippen LogP contribution in [-0.2, 0) is 6.54 Å². The lowest BCUT2D eigenvalue weighted by atomic mass is 10.1. The van der Waals surface area contributed by atoms with Crippen molar-refractivity contribution in [2.24, 2.45) is 5.73 Å². The summed E-state index contributed by atoms with van der Waals surface area (Å²) in [5, 5.41) is 8.33. The van der Waals surface area contributed by atoms with E-state index in [2.05, 4.69) is 15.2 Å². The first-order valence-electron chi connectivity index (χ1n) is 5.71. The van der Waals surface area contributed by atoms with Crippen molar-refractivity contribution in [3.63, 3.8) is 0 Å². The van der Waals surface area contributed by atoms with Crippen LogP contribution >= 0.6 is 0 Å². The van der Waals surface area contributed by atoms with Crippen molar-refractivity contribution in [3.8, 4) is 0 Å². The summed E-state index contributed by atoms with van der Waals surface area (Å²) in [6.07, 6.45) is 2.71. The molecule has 6 heteroatoms. The van der Waals surface area contributed by atoms with Gasteiger partial charge in [-0.3, -0.25) is 0 Å². The molecule has 0 saturated carbocycles. The van der Waals surface area contributed by atoms with Gasteiger partial charge in [-0.25, -0.2) is 4.68 Å². The Kier molecular flexibility index (Phi) is 2.36. The summed E-state index contributed by atoms with van der Waals surface area (Å²) in [5.74, 6) is 1.72. The molecule has 0 amide bonds. The van der Waals surface area contributed by atoms with E-state index >= 15 is 0 Å². The predicted octanol–water partition coefficient (Wildman–Crippen LogP) is 0.759. The molecule has 6 nitrogen and oxygen atoms in total. The zero-order valence-corrected chi connectivity index (χ0v) is 9.71. The van der Waals surface area contributed by atoms with Gasteiger partial charge < -0.3 is 15.1 Å². The van der Waals surface area contributed by atoms with Gasteiger partial charge in [0.15, 0.2) is 5.82 Å². The molecular formula is C11H15N5O. The number of aryl methyl sites for hydroxylation is 1. The van der Waals surface area contributed by atoms with Gasteiger partial charge in [-0.1, -0.05) is 5.21 Å². The Hall–Kier alpha value is -1.82. The summed E-state index contributed by atoms with van der Waals surface area (Å²) in [4.78, 5) is 2.14. The molecule has 0 saturated heterocycles. The normalized spacial score (nSPS) is 16.9. The van der Waals surface area contributed by atoms with Crippen LogP contribution in [0.5, 0.6) is 0 Å². The molecule has 2 N–H and O–H groups in total. The zero-order valence-electron chi connectivity index (χ0n) is 9.71. The molecule has 3 heterocycles. The van der Waals surface area contributed by atoms with Crippen molar-refractivity contribution >= 4 is 5.82 Å². The fourth-order valence-electron chi connectivity index (χ4n) is 2.23. The van der Waals surface area contributed by atoms with Gasteiger partial charge in [0.2, 0.25) is 0 Å². The number of nitrogens with two attached hydrogens (primary N) is 1. The second kappa shape index (κ2) is 3.89. The van der Waals surface area contributed by atoms with E-state index in [9.17, 15) is 0 Å². The van der Waals surface area contributed by atoms with Crippen LogP contribution < -0.4 is 10.6 Å². The number of anilines is 1. The number of furan rings is 1. The monoisotopic (exact) mass is 233 g/mol. The van der Waals surface area contributed by atoms with Gasteiger partial charge in [0, 0.05) is 20.1 Å². The third kappa shape index (κ3) is 1.61. The van der Waals surface area contributed by atoms with Crippen molar-refractivity contribution in [1.29, 1.82) is 0 Å². The molecule has 1 aliphatic rings. The molecule has 0 radical (unpaired) electrons. The van der Waals surface area contributed by atoms with Crippen LogP contribution in [0.25, 0.3) is 0 Å². The van der Waals surface area contributed by atoms with E-state index in [0.29, 0.717) is 5.76 Å². The van der Waals surface area contributed by atoms with Gasteiger partial charge in [-0.05, 0) is 18.6 Å². The first-order valence-corrected chi connectivity index (χ1v) is 5.71. The Labute approximate surface area is 99.0 Å². The first kappa shape index (κ1) is 10.3. The Morgan fingerprint density at radius 3 is 3.12 bits per heavy atom. The summed E-state index contributed by atoms with van der Waals surface area (Å²) in [6, 6.07) is 3.34. The molecule has 0 aliphatic carbocycles. The van der Waals surface area contributed by atoms with E-state index in [1.54, 1.807) is 6.26 Å². The van der Waals surface area contributed by atoms with Gasteiger partial charge in [0.25, 0.3) is 0 Å². The van der Waals surface area contributed by atoms with Gasteiger partial charge in [0.05, 0.1) is 6.26 Å². The highest BCUT2D eigenvalue weighted by molar-refractivity contribution is 5.47. The Balaban J connectivity index is 2.01. The number of rotatable bonds is 2. The lowest BCUT2D eigenvalue weighted by molar-refractivity contribution is 0.485. The molecule has 17 heavy (non-hydrogen) atoms. The Morgan fingerprint density at radius 2 is 2.35 bits per heavy atom. The second-order valence-corrected chi connectivity index (χ2v) is 4.29. The minimum absolute atomic E-state index is 0.353. The maximum Gasteiger partial charge on any atom is 0.152 e. The van der Waals surface area contributed by atoms with Gasteiger partial charge in [0.1, 0.15) is 17.5 Å². The maximum atomic E-state index is 6.16. The van der Waals surface area contributed by atoms with Gasteiger partial charge in [-0.2, -0.15) is 0 Å². The molecule has 90 valence electrons. The van der Waals surface area contributed by atoms with E-state index in [-0.39, 0.29) is 6.04 Å². The fraction of sp³-hybridized carbons (Fsp3) is 0.455. The highest BCUT2D eigenvalue weighted by Crippen LogP contribution is 2.29. The quantitative estimate of drug-likeness (QED) is 0.829. The highest BCUT2D eigenvalue weighted by atomic mass is 16.3. The van der Waals surface area contributed by atoms with Crippen LogP contribution in [0.15, 0.2) is 22.8 Å². The molecule has 1 atom stereocenters. The predicted molar refractivity (Wildman–Crippen MR) is 62.6 cm³/mol. The SMILES string of the molecule is CN1CCCn2nnc(C(N)c3ccco3)c21. The smallest absolute Gasteiger partial charge is 0.152 e. The van der Waals surface area contributed by atoms with E-state index in [1.807, 2.05) is 23.9 Å². The third-order valence-corrected chi connectivity index (χ3v) is 3.10. The molecule has 3 rings (SSSR count). The summed E-state index contributed by atoms with van der Waals surface area (Å²) in [6.45, 7) is 1.91. The van der Waals surface area contributed by atoms with Crippen LogP contribution in [0.4, 0.5) is 5.82 Å². The Bertz CT molecular complexity index is 504. The van der Waals surface area contributed by atoms with Gasteiger partial charge in [-0.15, -0.1) is 5.10 Å². The number of aromatic nitrogens is 3. The second-order valence-electron chi connectivity index (χ2n) is 4.29. The van der Waals surface area contributed by atoms with Crippen LogP contribution in [0, 0.1) is 0 Å². The number of hydrogen-bond donors (Lipinski definition) is 1. The van der Waals surface area contributed by atoms with E-state index in [1.165, 1.54) is 0 Å². The summed E-state index contributed by atoms with van der Waals surface area (Å²) in [5.41, 5.74) is 6.94. The van der Waals surface area contributed by atoms with Crippen LogP contribution in [0.3, 0.4) is 0 Å². The average Bonchev–Trinajstić information content (AvgIpc) is 2.98. The van der Waals surface area contributed by atoms with Crippen molar-refractivity contribution in [3.05, 3.63) is 29.9 Å². The van der Waals surface area contributed by atoms with E-state index in [4.69, 9.17) is 10.2 Å². The van der Waals surface area contributed by atoms with E-state index in [0.717, 1.165) is 31.0 Å². The molecular weight excluding hydrogens is 218 g/mol. The number of nitrogens with zero attached hydrogens (tertiary/aromatic N) is 4. The van der Waals surface area contributed by atoms with E-state index < -0.39 is 0 Å². The molecule has 0 bridgehead atoms. The molecule has 0 spiro atoms. The van der Waals surface area contributed by atoms with Crippen molar-refractivity contribution in [2.75, 3.05) is 18.5 Å². The molecule has 1 unspecified atom stereocenters. The van der Waals surface area contributed by atoms with Crippen LogP contribution in [0.1, 0.15) is 23.9 Å². The molecule has 2 aromatic heterocycles. The van der Waals surface area contributed by atoms with Crippen LogP contribution in [0.2, 0.25) is 0 Å². The molecule has 2 aromatic rings. The third-order valence-electron chi connectivity index (χ3n) is 3.10. The average molecular weight is 233 g/mol. The van der Waals surface area contributed by atoms with Crippen molar-refractivity contribution in [1.82, 2.24) is 15.0 Å². The number of fused-ring (bicyclic) bond motifs is 1. The lowest BCUT2D eigenvalue weighted by Gasteiger charge is -2.26. The number of hydrogen-bond acceptors (Lipinski definition) is 5. The standard InChI is InChI=1S/C11H15N5O/c1-15-5-3-6-16-11(15)10(13-14-16)9(12)8-4-2-7-17-8/h2,4,7,9H,3,5-6,12H2,1H3. The lowest BCUT2D eigenvalue weighted by Crippen LogP contribution is -2.30. The van der Waals surface area contributed by atoms with Crippen molar-refractivity contribution in [2.45, 2.75) is 19.0 Å². The van der Waals surface area contributed by atoms with Crippen LogP contribution in [-0.4, -0.2) is 28.6 Å². The Morgan fingerprint density at radius 1 is 1.47 bits per heavy atom. The zero-order chi connectivity index (χ0) is 11.8. The molecule has 1 aliphatic heterocycles. The topological polar surface area (TPSA) is 73.1 Å². The maximum absolute atomic E-state index is 6.16. The first-order chi connectivity index (χ1) is 8.27. The summed E-state index contributed by atoms with van der Waals surface area (Å²) >= 11 is 0. The minimum atomic E-state index is -0.353. The summed E-state index contributed by atoms with van der Waals surface area (Å²) in [7, 11) is 2.03. The minimum Gasteiger partial charge on any atom is -0.467 e. The molecule has 0 fully saturated rings. The summed E-state index contributed by atoms with van der Waals surface area (Å²) < 4.78 is 7.23. The molecule has 0 aromatic carbocycles.